The molecule has 2 amide bonds. The van der Waals surface area contributed by atoms with Crippen molar-refractivity contribution in [2.24, 2.45) is 0 Å². The fourth-order valence-corrected chi connectivity index (χ4v) is 3.63. The molecule has 0 aliphatic carbocycles. The average Bonchev–Trinajstić information content (AvgIpc) is 2.97. The van der Waals surface area contributed by atoms with Crippen molar-refractivity contribution < 1.29 is 19.1 Å². The summed E-state index contributed by atoms with van der Waals surface area (Å²) in [5.74, 6) is 1.23. The molecule has 6 heteroatoms. The highest BCUT2D eigenvalue weighted by molar-refractivity contribution is 8.18. The second kappa shape index (κ2) is 9.65. The molecule has 0 bridgehead atoms. The van der Waals surface area contributed by atoms with E-state index in [9.17, 15) is 9.59 Å². The van der Waals surface area contributed by atoms with E-state index in [1.165, 1.54) is 4.90 Å². The third kappa shape index (κ3) is 5.64. The van der Waals surface area contributed by atoms with E-state index in [1.807, 2.05) is 62.4 Å². The summed E-state index contributed by atoms with van der Waals surface area (Å²) in [5, 5.41) is -0.272. The van der Waals surface area contributed by atoms with E-state index >= 15 is 0 Å². The summed E-state index contributed by atoms with van der Waals surface area (Å²) in [6.45, 7) is 6.55. The molecule has 1 aliphatic rings. The Hall–Kier alpha value is -2.73. The lowest BCUT2D eigenvalue weighted by Gasteiger charge is -2.13. The molecule has 3 rings (SSSR count). The van der Waals surface area contributed by atoms with Crippen molar-refractivity contribution >= 4 is 29.0 Å². The van der Waals surface area contributed by atoms with Crippen LogP contribution in [0.15, 0.2) is 53.4 Å². The average molecular weight is 412 g/mol. The van der Waals surface area contributed by atoms with Crippen LogP contribution in [0.1, 0.15) is 31.4 Å². The summed E-state index contributed by atoms with van der Waals surface area (Å²) in [6, 6.07) is 15.2. The fraction of sp³-hybridized carbons (Fsp3) is 0.304. The van der Waals surface area contributed by atoms with Gasteiger partial charge in [0.15, 0.2) is 0 Å². The number of carbonyl (C=O) groups is 2. The topological polar surface area (TPSA) is 55.8 Å². The number of rotatable bonds is 8. The summed E-state index contributed by atoms with van der Waals surface area (Å²) >= 11 is 0.956. The van der Waals surface area contributed by atoms with E-state index < -0.39 is 0 Å². The van der Waals surface area contributed by atoms with Crippen LogP contribution in [-0.4, -0.2) is 35.3 Å². The molecule has 0 radical (unpaired) electrons. The zero-order valence-electron chi connectivity index (χ0n) is 16.9. The molecule has 0 saturated carbocycles. The Labute approximate surface area is 175 Å². The third-order valence-electron chi connectivity index (χ3n) is 4.54. The number of ether oxygens (including phenoxy) is 2. The molecule has 1 atom stereocenters. The van der Waals surface area contributed by atoms with Gasteiger partial charge in [0.2, 0.25) is 0 Å². The van der Waals surface area contributed by atoms with E-state index in [2.05, 4.69) is 6.92 Å². The summed E-state index contributed by atoms with van der Waals surface area (Å²) in [5.41, 5.74) is 1.94. The summed E-state index contributed by atoms with van der Waals surface area (Å²) < 4.78 is 11.4. The second-order valence-corrected chi connectivity index (χ2v) is 7.90. The van der Waals surface area contributed by atoms with Gasteiger partial charge in [0.05, 0.1) is 17.6 Å². The molecule has 1 saturated heterocycles. The standard InChI is InChI=1S/C23H25NO4S/c1-4-17(3)28-19-10-8-18(9-11-19)15-21-22(25)24(23(26)29-21)12-13-27-20-7-5-6-16(2)14-20/h5-11,14-15,17H,4,12-13H2,1-3H3/b21-15-. The number of thioether (sulfide) groups is 1. The van der Waals surface area contributed by atoms with Gasteiger partial charge in [-0.1, -0.05) is 31.2 Å². The van der Waals surface area contributed by atoms with Crippen LogP contribution in [0.25, 0.3) is 6.08 Å². The van der Waals surface area contributed by atoms with Gasteiger partial charge in [0.25, 0.3) is 11.1 Å². The quantitative estimate of drug-likeness (QED) is 0.553. The minimum atomic E-state index is -0.284. The van der Waals surface area contributed by atoms with Crippen molar-refractivity contribution in [3.8, 4) is 11.5 Å². The molecular formula is C23H25NO4S. The van der Waals surface area contributed by atoms with Gasteiger partial charge in [-0.05, 0) is 73.5 Å². The van der Waals surface area contributed by atoms with Crippen molar-refractivity contribution in [2.45, 2.75) is 33.3 Å². The molecule has 0 spiro atoms. The third-order valence-corrected chi connectivity index (χ3v) is 5.44. The molecule has 0 aromatic heterocycles. The van der Waals surface area contributed by atoms with Crippen molar-refractivity contribution in [1.29, 1.82) is 0 Å². The molecule has 1 heterocycles. The van der Waals surface area contributed by atoms with E-state index in [1.54, 1.807) is 6.08 Å². The highest BCUT2D eigenvalue weighted by atomic mass is 32.2. The van der Waals surface area contributed by atoms with Gasteiger partial charge < -0.3 is 9.47 Å². The first kappa shape index (κ1) is 21.0. The van der Waals surface area contributed by atoms with Gasteiger partial charge in [-0.3, -0.25) is 14.5 Å². The van der Waals surface area contributed by atoms with Crippen LogP contribution in [0.2, 0.25) is 0 Å². The van der Waals surface area contributed by atoms with Crippen molar-refractivity contribution in [3.63, 3.8) is 0 Å². The molecule has 29 heavy (non-hydrogen) atoms. The van der Waals surface area contributed by atoms with Crippen molar-refractivity contribution in [2.75, 3.05) is 13.2 Å². The number of amides is 2. The Kier molecular flexibility index (Phi) is 6.99. The highest BCUT2D eigenvalue weighted by Crippen LogP contribution is 2.32. The predicted octanol–water partition coefficient (Wildman–Crippen LogP) is 5.29. The van der Waals surface area contributed by atoms with E-state index in [-0.39, 0.29) is 30.4 Å². The molecular weight excluding hydrogens is 386 g/mol. The lowest BCUT2D eigenvalue weighted by atomic mass is 10.2. The highest BCUT2D eigenvalue weighted by Gasteiger charge is 2.34. The predicted molar refractivity (Wildman–Crippen MR) is 116 cm³/mol. The van der Waals surface area contributed by atoms with E-state index in [4.69, 9.17) is 9.47 Å². The van der Waals surface area contributed by atoms with Gasteiger partial charge in [0, 0.05) is 0 Å². The van der Waals surface area contributed by atoms with Crippen LogP contribution in [0.3, 0.4) is 0 Å². The van der Waals surface area contributed by atoms with E-state index in [0.29, 0.717) is 4.91 Å². The van der Waals surface area contributed by atoms with Crippen LogP contribution < -0.4 is 9.47 Å². The molecule has 1 unspecified atom stereocenters. The fourth-order valence-electron chi connectivity index (χ4n) is 2.76. The van der Waals surface area contributed by atoms with Gasteiger partial charge in [-0.2, -0.15) is 0 Å². The van der Waals surface area contributed by atoms with E-state index in [0.717, 1.165) is 40.8 Å². The first-order chi connectivity index (χ1) is 14.0. The number of aryl methyl sites for hydroxylation is 1. The second-order valence-electron chi connectivity index (χ2n) is 6.90. The Morgan fingerprint density at radius 1 is 1.10 bits per heavy atom. The molecule has 2 aromatic rings. The molecule has 2 aromatic carbocycles. The first-order valence-electron chi connectivity index (χ1n) is 9.68. The minimum absolute atomic E-state index is 0.152. The zero-order valence-corrected chi connectivity index (χ0v) is 17.7. The van der Waals surface area contributed by atoms with Crippen LogP contribution in [0, 0.1) is 6.92 Å². The zero-order chi connectivity index (χ0) is 20.8. The number of nitrogens with zero attached hydrogens (tertiary/aromatic N) is 1. The molecule has 152 valence electrons. The van der Waals surface area contributed by atoms with Gasteiger partial charge in [-0.15, -0.1) is 0 Å². The molecule has 1 aliphatic heterocycles. The number of hydrogen-bond acceptors (Lipinski definition) is 5. The SMILES string of the molecule is CCC(C)Oc1ccc(/C=C2\SC(=O)N(CCOc3cccc(C)c3)C2=O)cc1. The molecule has 0 N–H and O–H groups in total. The van der Waals surface area contributed by atoms with Crippen LogP contribution in [0.5, 0.6) is 11.5 Å². The summed E-state index contributed by atoms with van der Waals surface area (Å²) in [6.07, 6.45) is 2.82. The van der Waals surface area contributed by atoms with Crippen molar-refractivity contribution in [1.82, 2.24) is 4.90 Å². The Bertz CT molecular complexity index is 907. The Morgan fingerprint density at radius 2 is 1.86 bits per heavy atom. The first-order valence-corrected chi connectivity index (χ1v) is 10.5. The van der Waals surface area contributed by atoms with Gasteiger partial charge in [0.1, 0.15) is 18.1 Å². The number of hydrogen-bond donors (Lipinski definition) is 0. The Balaban J connectivity index is 1.59. The summed E-state index contributed by atoms with van der Waals surface area (Å²) in [7, 11) is 0. The Morgan fingerprint density at radius 3 is 2.55 bits per heavy atom. The number of carbonyl (C=O) groups excluding carboxylic acids is 2. The van der Waals surface area contributed by atoms with Gasteiger partial charge in [-0.25, -0.2) is 0 Å². The van der Waals surface area contributed by atoms with Crippen molar-refractivity contribution in [3.05, 3.63) is 64.6 Å². The smallest absolute Gasteiger partial charge is 0.293 e. The minimum Gasteiger partial charge on any atom is -0.492 e. The lowest BCUT2D eigenvalue weighted by molar-refractivity contribution is -0.123. The summed E-state index contributed by atoms with van der Waals surface area (Å²) in [4.78, 5) is 26.5. The monoisotopic (exact) mass is 411 g/mol. The number of benzene rings is 2. The maximum Gasteiger partial charge on any atom is 0.293 e. The molecule has 1 fully saturated rings. The molecule has 5 nitrogen and oxygen atoms in total. The van der Waals surface area contributed by atoms with Crippen LogP contribution >= 0.6 is 11.8 Å². The maximum atomic E-state index is 12.6. The normalized spacial score (nSPS) is 16.4. The van der Waals surface area contributed by atoms with Crippen LogP contribution in [-0.2, 0) is 4.79 Å². The maximum absolute atomic E-state index is 12.6. The lowest BCUT2D eigenvalue weighted by Crippen LogP contribution is -2.32. The number of imide groups is 1. The van der Waals surface area contributed by atoms with Gasteiger partial charge >= 0.3 is 0 Å². The van der Waals surface area contributed by atoms with Crippen LogP contribution in [0.4, 0.5) is 4.79 Å². The largest absolute Gasteiger partial charge is 0.492 e.